The summed E-state index contributed by atoms with van der Waals surface area (Å²) in [4.78, 5) is 0. The molecule has 0 aromatic heterocycles. The largest absolute Gasteiger partial charge is 0.497 e. The van der Waals surface area contributed by atoms with Crippen molar-refractivity contribution in [3.63, 3.8) is 0 Å². The zero-order valence-corrected chi connectivity index (χ0v) is 16.2. The normalized spacial score (nSPS) is 17.2. The van der Waals surface area contributed by atoms with Gasteiger partial charge in [0, 0.05) is 28.6 Å². The fourth-order valence-electron chi connectivity index (χ4n) is 2.98. The van der Waals surface area contributed by atoms with E-state index in [-0.39, 0.29) is 0 Å². The second-order valence-electron chi connectivity index (χ2n) is 5.89. The number of hydrazone groups is 1. The van der Waals surface area contributed by atoms with Gasteiger partial charge in [-0.25, -0.2) is 8.42 Å². The Morgan fingerprint density at radius 2 is 1.88 bits per heavy atom. The molecule has 0 fully saturated rings. The van der Waals surface area contributed by atoms with Gasteiger partial charge in [0.05, 0.1) is 32.2 Å². The van der Waals surface area contributed by atoms with Crippen molar-refractivity contribution in [2.45, 2.75) is 12.5 Å². The first kappa shape index (κ1) is 18.5. The van der Waals surface area contributed by atoms with Gasteiger partial charge in [-0.1, -0.05) is 29.8 Å². The van der Waals surface area contributed by atoms with Crippen LogP contribution in [0.2, 0.25) is 5.02 Å². The van der Waals surface area contributed by atoms with Crippen LogP contribution in [-0.2, 0) is 10.0 Å². The van der Waals surface area contributed by atoms with E-state index in [1.807, 2.05) is 18.2 Å². The Kier molecular flexibility index (Phi) is 5.11. The molecule has 1 aliphatic rings. The van der Waals surface area contributed by atoms with Gasteiger partial charge in [-0.15, -0.1) is 0 Å². The molecule has 1 aliphatic heterocycles. The number of rotatable bonds is 5. The maximum absolute atomic E-state index is 12.3. The van der Waals surface area contributed by atoms with Crippen LogP contribution in [0.4, 0.5) is 0 Å². The van der Waals surface area contributed by atoms with Crippen molar-refractivity contribution in [3.8, 4) is 11.5 Å². The van der Waals surface area contributed by atoms with Gasteiger partial charge in [0.2, 0.25) is 10.0 Å². The van der Waals surface area contributed by atoms with Crippen molar-refractivity contribution in [3.05, 3.63) is 58.6 Å². The molecular formula is C18H19ClN2O4S. The minimum Gasteiger partial charge on any atom is -0.497 e. The Bertz CT molecular complexity index is 959. The predicted octanol–water partition coefficient (Wildman–Crippen LogP) is 3.47. The number of nitrogens with zero attached hydrogens (tertiary/aromatic N) is 2. The third-order valence-electron chi connectivity index (χ3n) is 4.20. The Balaban J connectivity index is 2.07. The van der Waals surface area contributed by atoms with Crippen LogP contribution in [0.5, 0.6) is 11.5 Å². The van der Waals surface area contributed by atoms with E-state index in [1.54, 1.807) is 31.4 Å². The second kappa shape index (κ2) is 7.17. The Morgan fingerprint density at radius 1 is 1.15 bits per heavy atom. The molecular weight excluding hydrogens is 376 g/mol. The summed E-state index contributed by atoms with van der Waals surface area (Å²) in [6.45, 7) is 0. The second-order valence-corrected chi connectivity index (χ2v) is 8.14. The molecule has 1 atom stereocenters. The molecule has 0 unspecified atom stereocenters. The predicted molar refractivity (Wildman–Crippen MR) is 102 cm³/mol. The first-order valence-corrected chi connectivity index (χ1v) is 10.1. The van der Waals surface area contributed by atoms with Crippen LogP contribution in [0, 0.1) is 0 Å². The smallest absolute Gasteiger partial charge is 0.247 e. The van der Waals surface area contributed by atoms with Gasteiger partial charge in [0.1, 0.15) is 11.5 Å². The first-order valence-electron chi connectivity index (χ1n) is 7.89. The molecule has 26 heavy (non-hydrogen) atoms. The molecule has 0 saturated carbocycles. The monoisotopic (exact) mass is 394 g/mol. The molecule has 0 saturated heterocycles. The van der Waals surface area contributed by atoms with Crippen LogP contribution in [0.3, 0.4) is 0 Å². The highest BCUT2D eigenvalue weighted by Gasteiger charge is 2.36. The molecule has 0 aliphatic carbocycles. The van der Waals surface area contributed by atoms with E-state index >= 15 is 0 Å². The average molecular weight is 395 g/mol. The number of ether oxygens (including phenoxy) is 2. The van der Waals surface area contributed by atoms with Crippen molar-refractivity contribution >= 4 is 27.3 Å². The Morgan fingerprint density at radius 3 is 2.50 bits per heavy atom. The molecule has 0 radical (unpaired) electrons. The van der Waals surface area contributed by atoms with Gasteiger partial charge in [-0.05, 0) is 18.2 Å². The van der Waals surface area contributed by atoms with Gasteiger partial charge >= 0.3 is 0 Å². The zero-order chi connectivity index (χ0) is 18.9. The summed E-state index contributed by atoms with van der Waals surface area (Å²) in [5, 5.41) is 4.89. The lowest BCUT2D eigenvalue weighted by atomic mass is 9.98. The molecule has 1 heterocycles. The van der Waals surface area contributed by atoms with E-state index in [9.17, 15) is 8.42 Å². The lowest BCUT2D eigenvalue weighted by Crippen LogP contribution is -2.26. The lowest BCUT2D eigenvalue weighted by molar-refractivity contribution is 0.348. The van der Waals surface area contributed by atoms with Crippen LogP contribution in [0.15, 0.2) is 47.6 Å². The summed E-state index contributed by atoms with van der Waals surface area (Å²) in [5.41, 5.74) is 2.05. The third kappa shape index (κ3) is 3.50. The van der Waals surface area contributed by atoms with Crippen molar-refractivity contribution in [1.82, 2.24) is 4.41 Å². The van der Waals surface area contributed by atoms with Gasteiger partial charge in [0.25, 0.3) is 0 Å². The van der Waals surface area contributed by atoms with Crippen LogP contribution in [-0.4, -0.2) is 39.0 Å². The van der Waals surface area contributed by atoms with E-state index in [2.05, 4.69) is 5.10 Å². The number of benzene rings is 2. The standard InChI is InChI=1S/C18H19ClN2O4S/c1-24-12-8-9-14(18(10-12)25-2)17-11-16(20-21(17)26(3,22)23)13-6-4-5-7-15(13)19/h4-10,17H,11H2,1-3H3/t17-/m0/s1. The van der Waals surface area contributed by atoms with E-state index in [4.69, 9.17) is 21.1 Å². The Labute approximate surface area is 158 Å². The summed E-state index contributed by atoms with van der Waals surface area (Å²) in [5.74, 6) is 1.17. The molecule has 0 spiro atoms. The minimum absolute atomic E-state index is 0.388. The van der Waals surface area contributed by atoms with E-state index in [0.717, 1.165) is 16.2 Å². The van der Waals surface area contributed by atoms with Crippen LogP contribution < -0.4 is 9.47 Å². The summed E-state index contributed by atoms with van der Waals surface area (Å²) < 4.78 is 36.4. The number of sulfonamides is 1. The van der Waals surface area contributed by atoms with E-state index in [0.29, 0.717) is 34.2 Å². The van der Waals surface area contributed by atoms with Crippen LogP contribution >= 0.6 is 11.6 Å². The molecule has 0 N–H and O–H groups in total. The molecule has 6 nitrogen and oxygen atoms in total. The maximum atomic E-state index is 12.3. The van der Waals surface area contributed by atoms with Crippen LogP contribution in [0.25, 0.3) is 0 Å². The number of methoxy groups -OCH3 is 2. The fraction of sp³-hybridized carbons (Fsp3) is 0.278. The topological polar surface area (TPSA) is 68.2 Å². The first-order chi connectivity index (χ1) is 12.3. The quantitative estimate of drug-likeness (QED) is 0.778. The van der Waals surface area contributed by atoms with Crippen molar-refractivity contribution in [2.75, 3.05) is 20.5 Å². The fourth-order valence-corrected chi connectivity index (χ4v) is 4.12. The zero-order valence-electron chi connectivity index (χ0n) is 14.6. The lowest BCUT2D eigenvalue weighted by Gasteiger charge is -2.23. The summed E-state index contributed by atoms with van der Waals surface area (Å²) in [6, 6.07) is 12.0. The van der Waals surface area contributed by atoms with Gasteiger partial charge < -0.3 is 9.47 Å². The SMILES string of the molecule is COc1ccc([C@@H]2CC(c3ccccc3Cl)=NN2S(C)(=O)=O)c(OC)c1. The highest BCUT2D eigenvalue weighted by atomic mass is 35.5. The number of halogens is 1. The average Bonchev–Trinajstić information content (AvgIpc) is 3.06. The summed E-state index contributed by atoms with van der Waals surface area (Å²) in [6.07, 6.45) is 1.52. The number of hydrogen-bond donors (Lipinski definition) is 0. The summed E-state index contributed by atoms with van der Waals surface area (Å²) >= 11 is 6.27. The van der Waals surface area contributed by atoms with Gasteiger partial charge in [0.15, 0.2) is 0 Å². The highest BCUT2D eigenvalue weighted by molar-refractivity contribution is 7.88. The van der Waals surface area contributed by atoms with Crippen molar-refractivity contribution < 1.29 is 17.9 Å². The van der Waals surface area contributed by atoms with Crippen LogP contribution in [0.1, 0.15) is 23.6 Å². The van der Waals surface area contributed by atoms with Gasteiger partial charge in [-0.3, -0.25) is 0 Å². The molecule has 2 aromatic rings. The summed E-state index contributed by atoms with van der Waals surface area (Å²) in [7, 11) is -0.482. The molecule has 2 aromatic carbocycles. The molecule has 0 bridgehead atoms. The van der Waals surface area contributed by atoms with E-state index in [1.165, 1.54) is 7.11 Å². The molecule has 0 amide bonds. The minimum atomic E-state index is -3.58. The third-order valence-corrected chi connectivity index (χ3v) is 5.54. The number of hydrogen-bond acceptors (Lipinski definition) is 5. The highest BCUT2D eigenvalue weighted by Crippen LogP contribution is 2.40. The molecule has 8 heteroatoms. The van der Waals surface area contributed by atoms with Crippen molar-refractivity contribution in [1.29, 1.82) is 0 Å². The van der Waals surface area contributed by atoms with E-state index < -0.39 is 16.1 Å². The Hall–Kier alpha value is -2.25. The molecule has 3 rings (SSSR count). The van der Waals surface area contributed by atoms with Gasteiger partial charge in [-0.2, -0.15) is 9.52 Å². The maximum Gasteiger partial charge on any atom is 0.247 e. The molecule has 138 valence electrons. The van der Waals surface area contributed by atoms with Crippen molar-refractivity contribution in [2.24, 2.45) is 5.10 Å².